The van der Waals surface area contributed by atoms with Crippen LogP contribution in [0.15, 0.2) is 162 Å². The molecule has 0 bridgehead atoms. The Bertz CT molecular complexity index is 2740. The molecular weight excluding hydrogens is 548 g/mol. The van der Waals surface area contributed by atoms with Gasteiger partial charge >= 0.3 is 0 Å². The standard InChI is InChI=1S/C42H26N2O/c1-3-13-28(14-4-1)43-35-20-10-8-19-33(35)41-37(43)26-34(27-23-24-31-30-17-9-12-22-38(30)45-39(31)25-27)40-32-18-7-11-21-36(32)44(42(40)41)29-15-5-2-6-16-29/h1-26H. The number of hydrogen-bond donors (Lipinski definition) is 0. The molecule has 0 unspecified atom stereocenters. The molecule has 0 aliphatic heterocycles. The second-order valence-electron chi connectivity index (χ2n) is 11.7. The Kier molecular flexibility index (Phi) is 5.00. The monoisotopic (exact) mass is 574 g/mol. The van der Waals surface area contributed by atoms with Gasteiger partial charge in [-0.05, 0) is 71.8 Å². The molecule has 3 heteroatoms. The highest BCUT2D eigenvalue weighted by atomic mass is 16.3. The van der Waals surface area contributed by atoms with Crippen molar-refractivity contribution in [3.05, 3.63) is 158 Å². The van der Waals surface area contributed by atoms with E-state index >= 15 is 0 Å². The van der Waals surface area contributed by atoms with Crippen LogP contribution in [0.5, 0.6) is 0 Å². The first-order valence-electron chi connectivity index (χ1n) is 15.4. The summed E-state index contributed by atoms with van der Waals surface area (Å²) in [6, 6.07) is 56.5. The molecule has 0 saturated carbocycles. The van der Waals surface area contributed by atoms with E-state index in [0.29, 0.717) is 0 Å². The van der Waals surface area contributed by atoms with E-state index in [-0.39, 0.29) is 0 Å². The Balaban J connectivity index is 1.45. The zero-order valence-electron chi connectivity index (χ0n) is 24.3. The van der Waals surface area contributed by atoms with Crippen molar-refractivity contribution >= 4 is 65.6 Å². The normalized spacial score (nSPS) is 12.0. The van der Waals surface area contributed by atoms with Gasteiger partial charge in [0.25, 0.3) is 0 Å². The molecule has 3 nitrogen and oxygen atoms in total. The minimum Gasteiger partial charge on any atom is -0.456 e. The van der Waals surface area contributed by atoms with Crippen molar-refractivity contribution in [2.24, 2.45) is 0 Å². The number of furan rings is 1. The summed E-state index contributed by atoms with van der Waals surface area (Å²) in [7, 11) is 0. The number of nitrogens with zero attached hydrogens (tertiary/aromatic N) is 2. The van der Waals surface area contributed by atoms with Gasteiger partial charge in [-0.1, -0.05) is 97.1 Å². The van der Waals surface area contributed by atoms with Crippen molar-refractivity contribution in [2.75, 3.05) is 0 Å². The number of fused-ring (bicyclic) bond motifs is 10. The highest BCUT2D eigenvalue weighted by molar-refractivity contribution is 6.30. The molecule has 0 radical (unpaired) electrons. The first kappa shape index (κ1) is 24.4. The lowest BCUT2D eigenvalue weighted by Gasteiger charge is -2.13. The van der Waals surface area contributed by atoms with Crippen molar-refractivity contribution in [3.8, 4) is 22.5 Å². The number of para-hydroxylation sites is 5. The molecule has 0 aliphatic rings. The maximum absolute atomic E-state index is 6.41. The predicted molar refractivity (Wildman–Crippen MR) is 188 cm³/mol. The van der Waals surface area contributed by atoms with Crippen LogP contribution in [-0.4, -0.2) is 9.13 Å². The lowest BCUT2D eigenvalue weighted by atomic mass is 9.96. The van der Waals surface area contributed by atoms with E-state index in [1.54, 1.807) is 0 Å². The van der Waals surface area contributed by atoms with Crippen LogP contribution >= 0.6 is 0 Å². The Morgan fingerprint density at radius 3 is 1.67 bits per heavy atom. The van der Waals surface area contributed by atoms with E-state index in [1.807, 2.05) is 12.1 Å². The van der Waals surface area contributed by atoms with E-state index in [0.717, 1.165) is 38.9 Å². The van der Waals surface area contributed by atoms with E-state index in [2.05, 4.69) is 155 Å². The molecule has 3 aromatic heterocycles. The van der Waals surface area contributed by atoms with Gasteiger partial charge in [-0.2, -0.15) is 0 Å². The zero-order valence-corrected chi connectivity index (χ0v) is 24.3. The first-order chi connectivity index (χ1) is 22.3. The smallest absolute Gasteiger partial charge is 0.136 e. The molecule has 3 heterocycles. The Morgan fingerprint density at radius 1 is 0.378 bits per heavy atom. The molecule has 0 aliphatic carbocycles. The van der Waals surface area contributed by atoms with Gasteiger partial charge in [-0.15, -0.1) is 0 Å². The minimum atomic E-state index is 0.900. The van der Waals surface area contributed by atoms with E-state index in [9.17, 15) is 0 Å². The summed E-state index contributed by atoms with van der Waals surface area (Å²) >= 11 is 0. The van der Waals surface area contributed by atoms with Crippen LogP contribution in [0.2, 0.25) is 0 Å². The van der Waals surface area contributed by atoms with Gasteiger partial charge in [0.1, 0.15) is 11.2 Å². The molecule has 7 aromatic carbocycles. The minimum absolute atomic E-state index is 0.900. The highest BCUT2D eigenvalue weighted by Gasteiger charge is 2.24. The van der Waals surface area contributed by atoms with Crippen LogP contribution in [0, 0.1) is 0 Å². The average Bonchev–Trinajstić information content (AvgIpc) is 3.76. The van der Waals surface area contributed by atoms with Crippen LogP contribution in [0.3, 0.4) is 0 Å². The van der Waals surface area contributed by atoms with Crippen molar-refractivity contribution < 1.29 is 4.42 Å². The van der Waals surface area contributed by atoms with E-state index in [4.69, 9.17) is 4.42 Å². The SMILES string of the molecule is c1ccc(-n2c3ccccc3c3c2cc(-c2ccc4c(c2)oc2ccccc24)c2c4ccccc4n(-c4ccccc4)c23)cc1. The molecule has 0 fully saturated rings. The van der Waals surface area contributed by atoms with E-state index in [1.165, 1.54) is 49.2 Å². The average molecular weight is 575 g/mol. The predicted octanol–water partition coefficient (Wildman–Crippen LogP) is 11.4. The Morgan fingerprint density at radius 2 is 0.933 bits per heavy atom. The third-order valence-electron chi connectivity index (χ3n) is 9.29. The lowest BCUT2D eigenvalue weighted by Crippen LogP contribution is -1.96. The van der Waals surface area contributed by atoms with Crippen molar-refractivity contribution in [1.82, 2.24) is 9.13 Å². The van der Waals surface area contributed by atoms with Crippen molar-refractivity contribution in [1.29, 1.82) is 0 Å². The molecule has 10 aromatic rings. The van der Waals surface area contributed by atoms with Crippen molar-refractivity contribution in [3.63, 3.8) is 0 Å². The lowest BCUT2D eigenvalue weighted by molar-refractivity contribution is 0.669. The molecule has 0 saturated heterocycles. The molecule has 45 heavy (non-hydrogen) atoms. The summed E-state index contributed by atoms with van der Waals surface area (Å²) in [5.41, 5.74) is 11.2. The summed E-state index contributed by atoms with van der Waals surface area (Å²) < 4.78 is 11.3. The number of rotatable bonds is 3. The van der Waals surface area contributed by atoms with Gasteiger partial charge in [0.15, 0.2) is 0 Å². The third kappa shape index (κ3) is 3.41. The largest absolute Gasteiger partial charge is 0.456 e. The summed E-state index contributed by atoms with van der Waals surface area (Å²) in [4.78, 5) is 0. The van der Waals surface area contributed by atoms with Crippen LogP contribution in [0.25, 0.3) is 88.1 Å². The van der Waals surface area contributed by atoms with Gasteiger partial charge < -0.3 is 13.6 Å². The van der Waals surface area contributed by atoms with Crippen LogP contribution < -0.4 is 0 Å². The van der Waals surface area contributed by atoms with Gasteiger partial charge in [0.05, 0.1) is 22.1 Å². The first-order valence-corrected chi connectivity index (χ1v) is 15.4. The fourth-order valence-electron chi connectivity index (χ4n) is 7.42. The van der Waals surface area contributed by atoms with Gasteiger partial charge in [-0.25, -0.2) is 0 Å². The van der Waals surface area contributed by atoms with Crippen LogP contribution in [0.1, 0.15) is 0 Å². The highest BCUT2D eigenvalue weighted by Crippen LogP contribution is 2.47. The molecule has 0 spiro atoms. The Labute approximate surface area is 258 Å². The molecule has 0 N–H and O–H groups in total. The van der Waals surface area contributed by atoms with Gasteiger partial charge in [-0.3, -0.25) is 0 Å². The third-order valence-corrected chi connectivity index (χ3v) is 9.29. The second-order valence-corrected chi connectivity index (χ2v) is 11.7. The summed E-state index contributed by atoms with van der Waals surface area (Å²) in [5, 5.41) is 7.24. The number of benzene rings is 7. The van der Waals surface area contributed by atoms with E-state index < -0.39 is 0 Å². The molecule has 210 valence electrons. The fourth-order valence-corrected chi connectivity index (χ4v) is 7.42. The maximum Gasteiger partial charge on any atom is 0.136 e. The molecule has 10 rings (SSSR count). The zero-order chi connectivity index (χ0) is 29.5. The number of aromatic nitrogens is 2. The van der Waals surface area contributed by atoms with Gasteiger partial charge in [0.2, 0.25) is 0 Å². The van der Waals surface area contributed by atoms with Crippen LogP contribution in [0.4, 0.5) is 0 Å². The van der Waals surface area contributed by atoms with Crippen molar-refractivity contribution in [2.45, 2.75) is 0 Å². The second kappa shape index (κ2) is 9.22. The quantitative estimate of drug-likeness (QED) is 0.206. The topological polar surface area (TPSA) is 23.0 Å². The maximum atomic E-state index is 6.41. The van der Waals surface area contributed by atoms with Gasteiger partial charge in [0, 0.05) is 43.7 Å². The number of hydrogen-bond acceptors (Lipinski definition) is 1. The summed E-state index contributed by atoms with van der Waals surface area (Å²) in [6.07, 6.45) is 0. The fraction of sp³-hybridized carbons (Fsp3) is 0. The molecule has 0 amide bonds. The molecular formula is C42H26N2O. The van der Waals surface area contributed by atoms with Crippen LogP contribution in [-0.2, 0) is 0 Å². The molecule has 0 atom stereocenters. The summed E-state index contributed by atoms with van der Waals surface area (Å²) in [6.45, 7) is 0. The Hall–Kier alpha value is -6.06. The summed E-state index contributed by atoms with van der Waals surface area (Å²) in [5.74, 6) is 0.